The number of esters is 1. The van der Waals surface area contributed by atoms with Gasteiger partial charge in [-0.2, -0.15) is 0 Å². The minimum atomic E-state index is -0.721. The van der Waals surface area contributed by atoms with Crippen molar-refractivity contribution in [2.75, 3.05) is 5.32 Å². The van der Waals surface area contributed by atoms with Crippen LogP contribution in [-0.2, 0) is 25.5 Å². The maximum atomic E-state index is 14.5. The number of benzene rings is 3. The van der Waals surface area contributed by atoms with Crippen LogP contribution >= 0.6 is 0 Å². The minimum Gasteiger partial charge on any atom is -0.460 e. The molecule has 3 aromatic carbocycles. The summed E-state index contributed by atoms with van der Waals surface area (Å²) < 4.78 is 35.7. The SMILES string of the molecule is CC(C)c1c(C(=O)Nc2ccccc2)c(-c2ccccc2)c(-c2ccc(F)cc2)n1CCC1CC(CC(=O)OC(C)(C)C)OC2(CCCCC2)O1. The first-order valence-corrected chi connectivity index (χ1v) is 18.4. The lowest BCUT2D eigenvalue weighted by Gasteiger charge is -2.47. The number of aromatic nitrogens is 1. The molecule has 2 fully saturated rings. The highest BCUT2D eigenvalue weighted by Gasteiger charge is 2.44. The maximum absolute atomic E-state index is 14.5. The van der Waals surface area contributed by atoms with Gasteiger partial charge in [-0.3, -0.25) is 9.59 Å². The van der Waals surface area contributed by atoms with E-state index in [1.807, 2.05) is 81.4 Å². The predicted molar refractivity (Wildman–Crippen MR) is 199 cm³/mol. The van der Waals surface area contributed by atoms with Crippen LogP contribution in [-0.4, -0.2) is 40.0 Å². The molecule has 1 N–H and O–H groups in total. The number of hydrogen-bond acceptors (Lipinski definition) is 5. The highest BCUT2D eigenvalue weighted by Crippen LogP contribution is 2.44. The zero-order valence-electron chi connectivity index (χ0n) is 30.5. The number of hydrogen-bond donors (Lipinski definition) is 1. The topological polar surface area (TPSA) is 78.8 Å². The van der Waals surface area contributed by atoms with Gasteiger partial charge in [-0.15, -0.1) is 0 Å². The van der Waals surface area contributed by atoms with Gasteiger partial charge in [0.15, 0.2) is 5.79 Å². The molecule has 4 aromatic rings. The molecule has 2 unspecified atom stereocenters. The Bertz CT molecular complexity index is 1790. The number of amides is 1. The first-order chi connectivity index (χ1) is 24.4. The Labute approximate surface area is 301 Å². The van der Waals surface area contributed by atoms with Crippen LogP contribution in [0.15, 0.2) is 84.9 Å². The van der Waals surface area contributed by atoms with Crippen molar-refractivity contribution >= 4 is 17.6 Å². The molecule has 8 heteroatoms. The number of anilines is 1. The Morgan fingerprint density at radius 3 is 2.14 bits per heavy atom. The molecular formula is C43H51FN2O5. The van der Waals surface area contributed by atoms with E-state index in [9.17, 15) is 14.0 Å². The van der Waals surface area contributed by atoms with E-state index < -0.39 is 11.4 Å². The summed E-state index contributed by atoms with van der Waals surface area (Å²) in [6.07, 6.45) is 5.58. The van der Waals surface area contributed by atoms with Crippen LogP contribution in [0.1, 0.15) is 108 Å². The lowest BCUT2D eigenvalue weighted by molar-refractivity contribution is -0.329. The van der Waals surface area contributed by atoms with E-state index in [1.54, 1.807) is 12.1 Å². The highest BCUT2D eigenvalue weighted by atomic mass is 19.1. The van der Waals surface area contributed by atoms with Gasteiger partial charge in [-0.25, -0.2) is 4.39 Å². The average Bonchev–Trinajstić information content (AvgIpc) is 3.43. The van der Waals surface area contributed by atoms with Gasteiger partial charge in [0.2, 0.25) is 0 Å². The van der Waals surface area contributed by atoms with Crippen molar-refractivity contribution in [2.24, 2.45) is 0 Å². The Morgan fingerprint density at radius 2 is 1.51 bits per heavy atom. The normalized spacial score (nSPS) is 18.9. The fraction of sp³-hybridized carbons (Fsp3) is 0.442. The summed E-state index contributed by atoms with van der Waals surface area (Å²) in [6.45, 7) is 10.4. The van der Waals surface area contributed by atoms with Crippen LogP contribution in [0.2, 0.25) is 0 Å². The van der Waals surface area contributed by atoms with Crippen LogP contribution in [0.25, 0.3) is 22.4 Å². The molecule has 1 aromatic heterocycles. The molecule has 2 heterocycles. The molecule has 2 aliphatic rings. The number of nitrogens with zero attached hydrogens (tertiary/aromatic N) is 1. The molecule has 51 heavy (non-hydrogen) atoms. The molecule has 1 aliphatic heterocycles. The third-order valence-electron chi connectivity index (χ3n) is 9.68. The lowest BCUT2D eigenvalue weighted by Crippen LogP contribution is -2.50. The molecule has 270 valence electrons. The van der Waals surface area contributed by atoms with Gasteiger partial charge in [0, 0.05) is 42.8 Å². The van der Waals surface area contributed by atoms with Gasteiger partial charge in [-0.1, -0.05) is 68.8 Å². The second-order valence-electron chi connectivity index (χ2n) is 15.2. The molecule has 0 bridgehead atoms. The quantitative estimate of drug-likeness (QED) is 0.167. The maximum Gasteiger partial charge on any atom is 0.308 e. The molecule has 1 spiro atoms. The predicted octanol–water partition coefficient (Wildman–Crippen LogP) is 10.3. The fourth-order valence-corrected chi connectivity index (χ4v) is 7.70. The van der Waals surface area contributed by atoms with Crippen LogP contribution in [0.3, 0.4) is 0 Å². The zero-order valence-corrected chi connectivity index (χ0v) is 30.5. The molecule has 6 rings (SSSR count). The number of halogens is 1. The second kappa shape index (κ2) is 15.5. The second-order valence-corrected chi connectivity index (χ2v) is 15.2. The van der Waals surface area contributed by atoms with Crippen molar-refractivity contribution < 1.29 is 28.2 Å². The fourth-order valence-electron chi connectivity index (χ4n) is 7.70. The third kappa shape index (κ3) is 8.79. The van der Waals surface area contributed by atoms with Crippen LogP contribution < -0.4 is 5.32 Å². The molecule has 7 nitrogen and oxygen atoms in total. The zero-order chi connectivity index (χ0) is 36.2. The standard InChI is InChI=1S/C43H51FN2O5/c1-29(2)39-38(41(48)45-33-17-11-7-12-18-33)37(30-15-9-6-10-16-30)40(31-19-21-32(44)22-20-31)46(39)26-23-34-27-35(28-36(47)51-42(3,4)5)50-43(49-34)24-13-8-14-25-43/h6-7,9-12,15-22,29,34-35H,8,13-14,23-28H2,1-5H3,(H,45,48). The van der Waals surface area contributed by atoms with Gasteiger partial charge in [0.25, 0.3) is 5.91 Å². The number of ether oxygens (including phenoxy) is 3. The van der Waals surface area contributed by atoms with Crippen LogP contribution in [0.4, 0.5) is 10.1 Å². The number of rotatable bonds is 10. The largest absolute Gasteiger partial charge is 0.460 e. The summed E-state index contributed by atoms with van der Waals surface area (Å²) in [7, 11) is 0. The molecule has 1 saturated heterocycles. The van der Waals surface area contributed by atoms with E-state index in [4.69, 9.17) is 14.2 Å². The summed E-state index contributed by atoms with van der Waals surface area (Å²) in [5, 5.41) is 3.15. The summed E-state index contributed by atoms with van der Waals surface area (Å²) in [6, 6.07) is 25.9. The van der Waals surface area contributed by atoms with Crippen LogP contribution in [0.5, 0.6) is 0 Å². The Kier molecular flexibility index (Phi) is 11.1. The minimum absolute atomic E-state index is 0.0293. The van der Waals surface area contributed by atoms with E-state index in [-0.39, 0.29) is 42.2 Å². The lowest BCUT2D eigenvalue weighted by atomic mass is 9.91. The van der Waals surface area contributed by atoms with E-state index >= 15 is 0 Å². The number of para-hydroxylation sites is 1. The van der Waals surface area contributed by atoms with E-state index in [1.165, 1.54) is 12.1 Å². The molecule has 1 saturated carbocycles. The molecule has 2 atom stereocenters. The summed E-state index contributed by atoms with van der Waals surface area (Å²) in [5.41, 5.74) is 4.99. The monoisotopic (exact) mass is 694 g/mol. The van der Waals surface area contributed by atoms with Crippen molar-refractivity contribution in [2.45, 2.75) is 122 Å². The van der Waals surface area contributed by atoms with Gasteiger partial charge < -0.3 is 24.1 Å². The van der Waals surface area contributed by atoms with E-state index in [0.717, 1.165) is 60.2 Å². The van der Waals surface area contributed by atoms with Crippen molar-refractivity contribution in [3.05, 3.63) is 102 Å². The smallest absolute Gasteiger partial charge is 0.308 e. The number of carbonyl (C=O) groups excluding carboxylic acids is 2. The van der Waals surface area contributed by atoms with Gasteiger partial charge >= 0.3 is 5.97 Å². The Balaban J connectivity index is 1.42. The first-order valence-electron chi connectivity index (χ1n) is 18.4. The van der Waals surface area contributed by atoms with E-state index in [2.05, 4.69) is 23.7 Å². The summed E-state index contributed by atoms with van der Waals surface area (Å²) >= 11 is 0. The van der Waals surface area contributed by atoms with Crippen molar-refractivity contribution in [1.29, 1.82) is 0 Å². The molecule has 1 aliphatic carbocycles. The Morgan fingerprint density at radius 1 is 0.882 bits per heavy atom. The summed E-state index contributed by atoms with van der Waals surface area (Å²) in [4.78, 5) is 27.5. The average molecular weight is 695 g/mol. The number of nitrogens with one attached hydrogen (secondary N) is 1. The van der Waals surface area contributed by atoms with Crippen molar-refractivity contribution in [3.8, 4) is 22.4 Å². The van der Waals surface area contributed by atoms with Gasteiger partial charge in [0.1, 0.15) is 11.4 Å². The molecule has 1 amide bonds. The summed E-state index contributed by atoms with van der Waals surface area (Å²) in [5.74, 6) is -1.55. The van der Waals surface area contributed by atoms with E-state index in [0.29, 0.717) is 30.6 Å². The third-order valence-corrected chi connectivity index (χ3v) is 9.68. The van der Waals surface area contributed by atoms with Gasteiger partial charge in [0.05, 0.1) is 29.9 Å². The van der Waals surface area contributed by atoms with Crippen molar-refractivity contribution in [3.63, 3.8) is 0 Å². The first kappa shape index (κ1) is 36.5. The van der Waals surface area contributed by atoms with Gasteiger partial charge in [-0.05, 0) is 93.5 Å². The highest BCUT2D eigenvalue weighted by molar-refractivity contribution is 6.12. The van der Waals surface area contributed by atoms with Crippen LogP contribution in [0, 0.1) is 5.82 Å². The van der Waals surface area contributed by atoms with Crippen molar-refractivity contribution in [1.82, 2.24) is 4.57 Å². The Hall–Kier alpha value is -4.27. The molecule has 0 radical (unpaired) electrons. The molecular weight excluding hydrogens is 643 g/mol. The number of carbonyl (C=O) groups is 2.